The average molecular weight is 250 g/mol. The smallest absolute Gasteiger partial charge is 0.250 e. The summed E-state index contributed by atoms with van der Waals surface area (Å²) in [5.41, 5.74) is 7.71. The summed E-state index contributed by atoms with van der Waals surface area (Å²) in [5, 5.41) is 11.8. The molecular weight excluding hydrogens is 228 g/mol. The highest BCUT2D eigenvalue weighted by atomic mass is 16.3. The standard InChI is InChI=1S/C14H22N2O2/c1-2-3-11-4-6-12(7-5-11)8-9-16-14(18)13(17)10-15/h4-7,13,17H,2-3,8-10,15H2,1H3,(H,16,18). The zero-order valence-electron chi connectivity index (χ0n) is 10.9. The van der Waals surface area contributed by atoms with Crippen molar-refractivity contribution in [3.63, 3.8) is 0 Å². The van der Waals surface area contributed by atoms with E-state index in [4.69, 9.17) is 5.73 Å². The highest BCUT2D eigenvalue weighted by Crippen LogP contribution is 2.06. The highest BCUT2D eigenvalue weighted by Gasteiger charge is 2.11. The van der Waals surface area contributed by atoms with E-state index in [0.717, 1.165) is 19.3 Å². The molecule has 0 spiro atoms. The molecule has 4 nitrogen and oxygen atoms in total. The fourth-order valence-electron chi connectivity index (χ4n) is 1.72. The summed E-state index contributed by atoms with van der Waals surface area (Å²) in [5.74, 6) is -0.403. The molecule has 4 heteroatoms. The minimum Gasteiger partial charge on any atom is -0.382 e. The van der Waals surface area contributed by atoms with Crippen molar-refractivity contribution in [3.8, 4) is 0 Å². The molecule has 100 valence electrons. The fraction of sp³-hybridized carbons (Fsp3) is 0.500. The van der Waals surface area contributed by atoms with E-state index in [2.05, 4.69) is 36.5 Å². The molecule has 1 amide bonds. The topological polar surface area (TPSA) is 75.3 Å². The Labute approximate surface area is 108 Å². The molecule has 4 N–H and O–H groups in total. The van der Waals surface area contributed by atoms with Crippen LogP contribution < -0.4 is 11.1 Å². The number of nitrogens with one attached hydrogen (secondary N) is 1. The molecule has 1 unspecified atom stereocenters. The van der Waals surface area contributed by atoms with Crippen LogP contribution in [0.15, 0.2) is 24.3 Å². The Morgan fingerprint density at radius 3 is 2.33 bits per heavy atom. The monoisotopic (exact) mass is 250 g/mol. The van der Waals surface area contributed by atoms with Crippen molar-refractivity contribution < 1.29 is 9.90 Å². The molecule has 0 aliphatic rings. The first-order valence-corrected chi connectivity index (χ1v) is 6.41. The van der Waals surface area contributed by atoms with Crippen LogP contribution in [-0.4, -0.2) is 30.2 Å². The first kappa shape index (κ1) is 14.7. The number of aryl methyl sites for hydroxylation is 1. The van der Waals surface area contributed by atoms with Gasteiger partial charge in [0.1, 0.15) is 6.10 Å². The Hall–Kier alpha value is -1.39. The number of carbonyl (C=O) groups is 1. The van der Waals surface area contributed by atoms with Crippen molar-refractivity contribution in [3.05, 3.63) is 35.4 Å². The van der Waals surface area contributed by atoms with Gasteiger partial charge in [0.15, 0.2) is 0 Å². The maximum atomic E-state index is 11.3. The highest BCUT2D eigenvalue weighted by molar-refractivity contribution is 5.80. The third kappa shape index (κ3) is 4.85. The third-order valence-electron chi connectivity index (χ3n) is 2.80. The van der Waals surface area contributed by atoms with Gasteiger partial charge in [-0.15, -0.1) is 0 Å². The van der Waals surface area contributed by atoms with E-state index in [0.29, 0.717) is 6.54 Å². The van der Waals surface area contributed by atoms with E-state index in [9.17, 15) is 9.90 Å². The maximum absolute atomic E-state index is 11.3. The second-order valence-electron chi connectivity index (χ2n) is 4.36. The lowest BCUT2D eigenvalue weighted by Crippen LogP contribution is -2.39. The van der Waals surface area contributed by atoms with Crippen LogP contribution in [0.2, 0.25) is 0 Å². The van der Waals surface area contributed by atoms with Gasteiger partial charge in [-0.25, -0.2) is 0 Å². The lowest BCUT2D eigenvalue weighted by atomic mass is 10.1. The Bertz CT molecular complexity index is 363. The molecule has 0 heterocycles. The predicted molar refractivity (Wildman–Crippen MR) is 72.2 cm³/mol. The van der Waals surface area contributed by atoms with Crippen LogP contribution in [-0.2, 0) is 17.6 Å². The van der Waals surface area contributed by atoms with Gasteiger partial charge in [0, 0.05) is 13.1 Å². The van der Waals surface area contributed by atoms with Crippen LogP contribution in [0.25, 0.3) is 0 Å². The molecule has 0 aliphatic heterocycles. The Balaban J connectivity index is 2.33. The van der Waals surface area contributed by atoms with Gasteiger partial charge in [0.25, 0.3) is 0 Å². The number of benzene rings is 1. The van der Waals surface area contributed by atoms with E-state index < -0.39 is 12.0 Å². The number of aliphatic hydroxyl groups excluding tert-OH is 1. The van der Waals surface area contributed by atoms with E-state index in [-0.39, 0.29) is 6.54 Å². The van der Waals surface area contributed by atoms with Gasteiger partial charge in [-0.2, -0.15) is 0 Å². The summed E-state index contributed by atoms with van der Waals surface area (Å²) in [7, 11) is 0. The summed E-state index contributed by atoms with van der Waals surface area (Å²) in [4.78, 5) is 11.3. The van der Waals surface area contributed by atoms with Gasteiger partial charge in [0.05, 0.1) is 0 Å². The van der Waals surface area contributed by atoms with Crippen LogP contribution in [0.4, 0.5) is 0 Å². The minimum atomic E-state index is -1.10. The van der Waals surface area contributed by atoms with Gasteiger partial charge in [0.2, 0.25) is 5.91 Å². The molecule has 0 bridgehead atoms. The molecule has 1 rings (SSSR count). The molecule has 0 aliphatic carbocycles. The Morgan fingerprint density at radius 1 is 1.28 bits per heavy atom. The first-order valence-electron chi connectivity index (χ1n) is 6.41. The van der Waals surface area contributed by atoms with Gasteiger partial charge in [-0.05, 0) is 24.0 Å². The average Bonchev–Trinajstić information content (AvgIpc) is 2.40. The second kappa shape index (κ2) is 7.84. The molecule has 0 saturated heterocycles. The molecule has 0 fully saturated rings. The zero-order valence-corrected chi connectivity index (χ0v) is 10.9. The third-order valence-corrected chi connectivity index (χ3v) is 2.80. The van der Waals surface area contributed by atoms with E-state index in [1.54, 1.807) is 0 Å². The summed E-state index contributed by atoms with van der Waals surface area (Å²) in [6.07, 6.45) is 1.90. The number of nitrogens with two attached hydrogens (primary N) is 1. The molecule has 0 aromatic heterocycles. The molecular formula is C14H22N2O2. The van der Waals surface area contributed by atoms with Crippen molar-refractivity contribution in [1.29, 1.82) is 0 Å². The maximum Gasteiger partial charge on any atom is 0.250 e. The summed E-state index contributed by atoms with van der Waals surface area (Å²) in [6.45, 7) is 2.63. The Kier molecular flexibility index (Phi) is 6.39. The lowest BCUT2D eigenvalue weighted by molar-refractivity contribution is -0.128. The molecule has 1 atom stereocenters. The van der Waals surface area contributed by atoms with Crippen molar-refractivity contribution in [2.24, 2.45) is 5.73 Å². The van der Waals surface area contributed by atoms with E-state index in [1.165, 1.54) is 11.1 Å². The Morgan fingerprint density at radius 2 is 1.83 bits per heavy atom. The SMILES string of the molecule is CCCc1ccc(CCNC(=O)C(O)CN)cc1. The second-order valence-corrected chi connectivity index (χ2v) is 4.36. The van der Waals surface area contributed by atoms with Crippen LogP contribution in [0.1, 0.15) is 24.5 Å². The molecule has 0 radical (unpaired) electrons. The zero-order chi connectivity index (χ0) is 13.4. The van der Waals surface area contributed by atoms with Crippen LogP contribution in [0, 0.1) is 0 Å². The molecule has 1 aromatic rings. The number of rotatable bonds is 7. The van der Waals surface area contributed by atoms with E-state index >= 15 is 0 Å². The quantitative estimate of drug-likeness (QED) is 0.664. The van der Waals surface area contributed by atoms with Crippen molar-refractivity contribution in [2.75, 3.05) is 13.1 Å². The number of amides is 1. The normalized spacial score (nSPS) is 12.2. The predicted octanol–water partition coefficient (Wildman–Crippen LogP) is 0.617. The molecule has 18 heavy (non-hydrogen) atoms. The number of hydrogen-bond donors (Lipinski definition) is 3. The number of aliphatic hydroxyl groups is 1. The van der Waals surface area contributed by atoms with E-state index in [1.807, 2.05) is 0 Å². The summed E-state index contributed by atoms with van der Waals surface area (Å²) < 4.78 is 0. The van der Waals surface area contributed by atoms with Gasteiger partial charge < -0.3 is 16.2 Å². The molecule has 0 saturated carbocycles. The van der Waals surface area contributed by atoms with Crippen LogP contribution in [0.3, 0.4) is 0 Å². The molecule has 1 aromatic carbocycles. The largest absolute Gasteiger partial charge is 0.382 e. The van der Waals surface area contributed by atoms with Crippen molar-refractivity contribution >= 4 is 5.91 Å². The first-order chi connectivity index (χ1) is 8.67. The van der Waals surface area contributed by atoms with Crippen molar-refractivity contribution in [1.82, 2.24) is 5.32 Å². The summed E-state index contributed by atoms with van der Waals surface area (Å²) >= 11 is 0. The van der Waals surface area contributed by atoms with Crippen molar-refractivity contribution in [2.45, 2.75) is 32.3 Å². The fourth-order valence-corrected chi connectivity index (χ4v) is 1.72. The van der Waals surface area contributed by atoms with Gasteiger partial charge >= 0.3 is 0 Å². The summed E-state index contributed by atoms with van der Waals surface area (Å²) in [6, 6.07) is 8.40. The van der Waals surface area contributed by atoms with Crippen LogP contribution >= 0.6 is 0 Å². The van der Waals surface area contributed by atoms with Gasteiger partial charge in [-0.3, -0.25) is 4.79 Å². The number of carbonyl (C=O) groups excluding carboxylic acids is 1. The minimum absolute atomic E-state index is 0.0441. The number of hydrogen-bond acceptors (Lipinski definition) is 3. The van der Waals surface area contributed by atoms with Gasteiger partial charge in [-0.1, -0.05) is 37.6 Å². The van der Waals surface area contributed by atoms with Crippen LogP contribution in [0.5, 0.6) is 0 Å². The lowest BCUT2D eigenvalue weighted by Gasteiger charge is -2.09.